The Morgan fingerprint density at radius 3 is 2.73 bits per heavy atom. The first kappa shape index (κ1) is 21.4. The number of para-hydroxylation sites is 1. The standard InChI is InChI=1S/C21H20FN3O4S/c1-25-10-9-23-21(25)30-13-19(26)24-17-6-4-3-5-15(17)20(27)29-12-14-7-8-18(28-2)16(22)11-14/h3-11H,12-13H2,1-2H3,(H,24,26). The van der Waals surface area contributed by atoms with Crippen molar-refractivity contribution in [2.75, 3.05) is 18.2 Å². The number of anilines is 1. The molecule has 1 amide bonds. The van der Waals surface area contributed by atoms with E-state index < -0.39 is 11.8 Å². The fourth-order valence-corrected chi connectivity index (χ4v) is 3.34. The minimum absolute atomic E-state index is 0.113. The Bertz CT molecular complexity index is 1050. The summed E-state index contributed by atoms with van der Waals surface area (Å²) in [6, 6.07) is 10.9. The molecule has 0 atom stereocenters. The molecule has 0 radical (unpaired) electrons. The second-order valence-corrected chi connectivity index (χ2v) is 7.19. The van der Waals surface area contributed by atoms with E-state index in [-0.39, 0.29) is 29.6 Å². The largest absolute Gasteiger partial charge is 0.494 e. The maximum atomic E-state index is 13.8. The van der Waals surface area contributed by atoms with Crippen molar-refractivity contribution >= 4 is 29.3 Å². The van der Waals surface area contributed by atoms with E-state index in [9.17, 15) is 14.0 Å². The summed E-state index contributed by atoms with van der Waals surface area (Å²) in [6.07, 6.45) is 3.44. The molecule has 9 heteroatoms. The number of halogens is 1. The van der Waals surface area contributed by atoms with E-state index in [1.165, 1.54) is 31.0 Å². The van der Waals surface area contributed by atoms with E-state index in [4.69, 9.17) is 9.47 Å². The van der Waals surface area contributed by atoms with Gasteiger partial charge in [0, 0.05) is 19.4 Å². The molecule has 3 aromatic rings. The third-order valence-corrected chi connectivity index (χ3v) is 5.17. The number of hydrogen-bond donors (Lipinski definition) is 1. The molecule has 0 saturated carbocycles. The molecule has 1 heterocycles. The van der Waals surface area contributed by atoms with Crippen LogP contribution >= 0.6 is 11.8 Å². The number of aryl methyl sites for hydroxylation is 1. The van der Waals surface area contributed by atoms with Crippen molar-refractivity contribution in [1.29, 1.82) is 0 Å². The zero-order chi connectivity index (χ0) is 21.5. The van der Waals surface area contributed by atoms with E-state index in [0.29, 0.717) is 16.4 Å². The molecule has 0 aliphatic carbocycles. The number of nitrogens with zero attached hydrogens (tertiary/aromatic N) is 2. The van der Waals surface area contributed by atoms with Crippen molar-refractivity contribution in [1.82, 2.24) is 9.55 Å². The highest BCUT2D eigenvalue weighted by Crippen LogP contribution is 2.21. The van der Waals surface area contributed by atoms with Gasteiger partial charge in [0.05, 0.1) is 24.1 Å². The Labute approximate surface area is 177 Å². The maximum Gasteiger partial charge on any atom is 0.340 e. The van der Waals surface area contributed by atoms with Gasteiger partial charge in [-0.15, -0.1) is 0 Å². The fraction of sp³-hybridized carbons (Fsp3) is 0.190. The molecule has 0 spiro atoms. The Kier molecular flexibility index (Phi) is 7.08. The summed E-state index contributed by atoms with van der Waals surface area (Å²) < 4.78 is 25.7. The highest BCUT2D eigenvalue weighted by molar-refractivity contribution is 7.99. The van der Waals surface area contributed by atoms with Gasteiger partial charge in [-0.1, -0.05) is 30.0 Å². The Balaban J connectivity index is 1.61. The zero-order valence-electron chi connectivity index (χ0n) is 16.4. The van der Waals surface area contributed by atoms with Crippen molar-refractivity contribution in [3.63, 3.8) is 0 Å². The molecular weight excluding hydrogens is 409 g/mol. The van der Waals surface area contributed by atoms with E-state index >= 15 is 0 Å². The number of ether oxygens (including phenoxy) is 2. The molecule has 0 aliphatic heterocycles. The number of thioether (sulfide) groups is 1. The first-order chi connectivity index (χ1) is 14.5. The van der Waals surface area contributed by atoms with Crippen LogP contribution < -0.4 is 10.1 Å². The number of amides is 1. The van der Waals surface area contributed by atoms with Crippen LogP contribution in [0, 0.1) is 5.82 Å². The van der Waals surface area contributed by atoms with E-state index in [1.54, 1.807) is 42.7 Å². The fourth-order valence-electron chi connectivity index (χ4n) is 2.60. The Morgan fingerprint density at radius 2 is 2.03 bits per heavy atom. The molecule has 0 bridgehead atoms. The van der Waals surface area contributed by atoms with Gasteiger partial charge in [-0.3, -0.25) is 4.79 Å². The molecular formula is C21H20FN3O4S. The van der Waals surface area contributed by atoms with Gasteiger partial charge >= 0.3 is 5.97 Å². The number of carbonyl (C=O) groups is 2. The minimum atomic E-state index is -0.626. The second kappa shape index (κ2) is 9.93. The molecule has 0 fully saturated rings. The molecule has 0 saturated heterocycles. The smallest absolute Gasteiger partial charge is 0.340 e. The van der Waals surface area contributed by atoms with Gasteiger partial charge < -0.3 is 19.4 Å². The first-order valence-electron chi connectivity index (χ1n) is 8.96. The lowest BCUT2D eigenvalue weighted by atomic mass is 10.1. The average Bonchev–Trinajstić information content (AvgIpc) is 3.15. The highest BCUT2D eigenvalue weighted by Gasteiger charge is 2.15. The number of imidazole rings is 1. The molecule has 7 nitrogen and oxygen atoms in total. The normalized spacial score (nSPS) is 10.5. The topological polar surface area (TPSA) is 82.4 Å². The average molecular weight is 429 g/mol. The van der Waals surface area contributed by atoms with Crippen molar-refractivity contribution in [3.05, 3.63) is 71.8 Å². The van der Waals surface area contributed by atoms with Crippen LogP contribution in [0.5, 0.6) is 5.75 Å². The lowest BCUT2D eigenvalue weighted by Crippen LogP contribution is -2.17. The van der Waals surface area contributed by atoms with Crippen molar-refractivity contribution in [2.45, 2.75) is 11.8 Å². The monoisotopic (exact) mass is 429 g/mol. The molecule has 2 aromatic carbocycles. The van der Waals surface area contributed by atoms with Crippen LogP contribution in [0.2, 0.25) is 0 Å². The lowest BCUT2D eigenvalue weighted by Gasteiger charge is -2.11. The Morgan fingerprint density at radius 1 is 1.23 bits per heavy atom. The van der Waals surface area contributed by atoms with Gasteiger partial charge in [-0.25, -0.2) is 14.2 Å². The number of esters is 1. The molecule has 3 rings (SSSR count). The predicted molar refractivity (Wildman–Crippen MR) is 111 cm³/mol. The molecule has 0 unspecified atom stereocenters. The number of hydrogen-bond acceptors (Lipinski definition) is 6. The van der Waals surface area contributed by atoms with E-state index in [1.807, 2.05) is 11.6 Å². The number of nitrogens with one attached hydrogen (secondary N) is 1. The number of rotatable bonds is 8. The zero-order valence-corrected chi connectivity index (χ0v) is 17.2. The SMILES string of the molecule is COc1ccc(COC(=O)c2ccccc2NC(=O)CSc2nccn2C)cc1F. The van der Waals surface area contributed by atoms with Crippen LogP contribution in [0.15, 0.2) is 60.0 Å². The second-order valence-electron chi connectivity index (χ2n) is 6.25. The Hall–Kier alpha value is -3.33. The number of benzene rings is 2. The lowest BCUT2D eigenvalue weighted by molar-refractivity contribution is -0.113. The van der Waals surface area contributed by atoms with Crippen LogP contribution in [0.3, 0.4) is 0 Å². The van der Waals surface area contributed by atoms with Gasteiger partial charge in [-0.2, -0.15) is 0 Å². The summed E-state index contributed by atoms with van der Waals surface area (Å²) in [7, 11) is 3.21. The third-order valence-electron chi connectivity index (χ3n) is 4.12. The summed E-state index contributed by atoms with van der Waals surface area (Å²) in [5.41, 5.74) is 1.03. The molecule has 156 valence electrons. The number of carbonyl (C=O) groups excluding carboxylic acids is 2. The minimum Gasteiger partial charge on any atom is -0.494 e. The maximum absolute atomic E-state index is 13.8. The number of methoxy groups -OCH3 is 1. The summed E-state index contributed by atoms with van der Waals surface area (Å²) in [4.78, 5) is 29.0. The van der Waals surface area contributed by atoms with Crippen LogP contribution in [0.4, 0.5) is 10.1 Å². The summed E-state index contributed by atoms with van der Waals surface area (Å²) in [6.45, 7) is -0.114. The van der Waals surface area contributed by atoms with Gasteiger partial charge in [0.2, 0.25) is 5.91 Å². The molecule has 1 aromatic heterocycles. The number of aromatic nitrogens is 2. The summed E-state index contributed by atoms with van der Waals surface area (Å²) in [5, 5.41) is 3.43. The van der Waals surface area contributed by atoms with Crippen LogP contribution in [-0.2, 0) is 23.2 Å². The first-order valence-corrected chi connectivity index (χ1v) is 9.95. The summed E-state index contributed by atoms with van der Waals surface area (Å²) in [5.74, 6) is -1.19. The van der Waals surface area contributed by atoms with Gasteiger partial charge in [0.15, 0.2) is 16.7 Å². The van der Waals surface area contributed by atoms with Crippen molar-refractivity contribution in [3.8, 4) is 5.75 Å². The van der Waals surface area contributed by atoms with Crippen molar-refractivity contribution in [2.24, 2.45) is 7.05 Å². The van der Waals surface area contributed by atoms with E-state index in [0.717, 1.165) is 0 Å². The van der Waals surface area contributed by atoms with Crippen LogP contribution in [0.1, 0.15) is 15.9 Å². The van der Waals surface area contributed by atoms with E-state index in [2.05, 4.69) is 10.3 Å². The van der Waals surface area contributed by atoms with Crippen LogP contribution in [-0.4, -0.2) is 34.3 Å². The molecule has 30 heavy (non-hydrogen) atoms. The third kappa shape index (κ3) is 5.38. The van der Waals surface area contributed by atoms with Gasteiger partial charge in [0.1, 0.15) is 6.61 Å². The molecule has 0 aliphatic rings. The van der Waals surface area contributed by atoms with Gasteiger partial charge in [0.25, 0.3) is 0 Å². The molecule has 1 N–H and O–H groups in total. The van der Waals surface area contributed by atoms with Gasteiger partial charge in [-0.05, 0) is 29.8 Å². The van der Waals surface area contributed by atoms with Crippen LogP contribution in [0.25, 0.3) is 0 Å². The van der Waals surface area contributed by atoms with Crippen molar-refractivity contribution < 1.29 is 23.5 Å². The summed E-state index contributed by atoms with van der Waals surface area (Å²) >= 11 is 1.29. The highest BCUT2D eigenvalue weighted by atomic mass is 32.2. The quantitative estimate of drug-likeness (QED) is 0.435. The predicted octanol–water partition coefficient (Wildman–Crippen LogP) is 3.66.